The maximum absolute atomic E-state index is 4.16. The lowest BCUT2D eigenvalue weighted by Crippen LogP contribution is -2.21. The minimum Gasteiger partial charge on any atom is -0.248 e. The lowest BCUT2D eigenvalue weighted by atomic mass is 10.1. The molecule has 1 aromatic heterocycles. The average molecular weight is 277 g/mol. The van der Waals surface area contributed by atoms with Crippen molar-refractivity contribution in [1.82, 2.24) is 15.0 Å². The molecule has 0 N–H and O–H groups in total. The first-order valence-electron chi connectivity index (χ1n) is 4.36. The van der Waals surface area contributed by atoms with E-state index in [-0.39, 0.29) is 0 Å². The number of aryl methyl sites for hydroxylation is 1. The molecule has 12 heavy (non-hydrogen) atoms. The molecule has 3 nitrogen and oxygen atoms in total. The SMILES string of the molecule is CCc1nnn2c1CCC(I)C2. The molecule has 1 atom stereocenters. The Morgan fingerprint density at radius 3 is 3.25 bits per heavy atom. The van der Waals surface area contributed by atoms with E-state index in [1.165, 1.54) is 17.8 Å². The van der Waals surface area contributed by atoms with Gasteiger partial charge in [0.05, 0.1) is 17.9 Å². The molecule has 0 saturated carbocycles. The number of hydrogen-bond donors (Lipinski definition) is 0. The van der Waals surface area contributed by atoms with E-state index in [1.807, 2.05) is 0 Å². The van der Waals surface area contributed by atoms with Gasteiger partial charge in [0.2, 0.25) is 0 Å². The zero-order valence-electron chi connectivity index (χ0n) is 7.13. The van der Waals surface area contributed by atoms with E-state index in [0.717, 1.165) is 23.3 Å². The highest BCUT2D eigenvalue weighted by atomic mass is 127. The fourth-order valence-corrected chi connectivity index (χ4v) is 2.32. The second kappa shape index (κ2) is 3.32. The zero-order chi connectivity index (χ0) is 8.55. The number of nitrogens with zero attached hydrogens (tertiary/aromatic N) is 3. The molecule has 0 bridgehead atoms. The molecular formula is C8H12IN3. The highest BCUT2D eigenvalue weighted by Crippen LogP contribution is 2.21. The normalized spacial score (nSPS) is 22.3. The van der Waals surface area contributed by atoms with E-state index in [2.05, 4.69) is 44.5 Å². The minimum absolute atomic E-state index is 0.738. The highest BCUT2D eigenvalue weighted by Gasteiger charge is 2.19. The van der Waals surface area contributed by atoms with Gasteiger partial charge in [-0.05, 0) is 19.3 Å². The van der Waals surface area contributed by atoms with Gasteiger partial charge in [-0.25, -0.2) is 4.68 Å². The Hall–Kier alpha value is -0.130. The zero-order valence-corrected chi connectivity index (χ0v) is 9.28. The molecule has 0 radical (unpaired) electrons. The summed E-state index contributed by atoms with van der Waals surface area (Å²) in [7, 11) is 0. The van der Waals surface area contributed by atoms with Crippen LogP contribution in [-0.4, -0.2) is 18.9 Å². The Morgan fingerprint density at radius 1 is 1.67 bits per heavy atom. The third-order valence-corrected chi connectivity index (χ3v) is 3.34. The van der Waals surface area contributed by atoms with Crippen LogP contribution in [0.2, 0.25) is 0 Å². The Morgan fingerprint density at radius 2 is 2.50 bits per heavy atom. The number of alkyl halides is 1. The summed E-state index contributed by atoms with van der Waals surface area (Å²) in [5, 5.41) is 8.30. The molecular weight excluding hydrogens is 265 g/mol. The van der Waals surface area contributed by atoms with E-state index in [9.17, 15) is 0 Å². The van der Waals surface area contributed by atoms with Crippen molar-refractivity contribution in [3.63, 3.8) is 0 Å². The largest absolute Gasteiger partial charge is 0.248 e. The Balaban J connectivity index is 2.32. The minimum atomic E-state index is 0.738. The molecule has 1 unspecified atom stereocenters. The molecule has 0 saturated heterocycles. The van der Waals surface area contributed by atoms with Gasteiger partial charge in [0.1, 0.15) is 0 Å². The van der Waals surface area contributed by atoms with E-state index in [1.54, 1.807) is 0 Å². The molecule has 66 valence electrons. The van der Waals surface area contributed by atoms with Crippen LogP contribution in [0.15, 0.2) is 0 Å². The topological polar surface area (TPSA) is 30.7 Å². The van der Waals surface area contributed by atoms with Crippen molar-refractivity contribution in [3.8, 4) is 0 Å². The standard InChI is InChI=1S/C8H12IN3/c1-2-7-8-4-3-6(9)5-12(8)11-10-7/h6H,2-5H2,1H3. The summed E-state index contributed by atoms with van der Waals surface area (Å²) < 4.78 is 2.81. The summed E-state index contributed by atoms with van der Waals surface area (Å²) in [6, 6.07) is 0. The Kier molecular flexibility index (Phi) is 2.34. The second-order valence-corrected chi connectivity index (χ2v) is 4.92. The van der Waals surface area contributed by atoms with Gasteiger partial charge in [0.25, 0.3) is 0 Å². The third-order valence-electron chi connectivity index (χ3n) is 2.32. The van der Waals surface area contributed by atoms with Crippen molar-refractivity contribution in [2.45, 2.75) is 36.7 Å². The van der Waals surface area contributed by atoms with E-state index >= 15 is 0 Å². The summed E-state index contributed by atoms with van der Waals surface area (Å²) >= 11 is 2.49. The van der Waals surface area contributed by atoms with E-state index < -0.39 is 0 Å². The van der Waals surface area contributed by atoms with Gasteiger partial charge in [-0.15, -0.1) is 5.10 Å². The van der Waals surface area contributed by atoms with Crippen molar-refractivity contribution in [2.75, 3.05) is 0 Å². The predicted octanol–water partition coefficient (Wildman–Crippen LogP) is 1.59. The van der Waals surface area contributed by atoms with Crippen molar-refractivity contribution in [1.29, 1.82) is 0 Å². The summed E-state index contributed by atoms with van der Waals surface area (Å²) in [4.78, 5) is 0. The molecule has 1 aliphatic rings. The number of fused-ring (bicyclic) bond motifs is 1. The van der Waals surface area contributed by atoms with E-state index in [0.29, 0.717) is 0 Å². The van der Waals surface area contributed by atoms with Gasteiger partial charge in [-0.2, -0.15) is 0 Å². The fraction of sp³-hybridized carbons (Fsp3) is 0.750. The van der Waals surface area contributed by atoms with Crippen molar-refractivity contribution < 1.29 is 0 Å². The molecule has 4 heteroatoms. The maximum atomic E-state index is 4.16. The molecule has 0 aromatic carbocycles. The maximum Gasteiger partial charge on any atom is 0.0856 e. The van der Waals surface area contributed by atoms with Gasteiger partial charge in [-0.1, -0.05) is 34.7 Å². The number of aromatic nitrogens is 3. The quantitative estimate of drug-likeness (QED) is 0.576. The Labute approximate surface area is 85.7 Å². The average Bonchev–Trinajstić information content (AvgIpc) is 2.46. The van der Waals surface area contributed by atoms with Gasteiger partial charge in [-0.3, -0.25) is 0 Å². The molecule has 1 aromatic rings. The molecule has 2 rings (SSSR count). The number of rotatable bonds is 1. The molecule has 2 heterocycles. The smallest absolute Gasteiger partial charge is 0.0856 e. The van der Waals surface area contributed by atoms with Crippen molar-refractivity contribution in [3.05, 3.63) is 11.4 Å². The van der Waals surface area contributed by atoms with Gasteiger partial charge < -0.3 is 0 Å². The van der Waals surface area contributed by atoms with Crippen molar-refractivity contribution >= 4 is 22.6 Å². The third kappa shape index (κ3) is 1.36. The van der Waals surface area contributed by atoms with Crippen LogP contribution in [0.3, 0.4) is 0 Å². The van der Waals surface area contributed by atoms with Gasteiger partial charge in [0, 0.05) is 3.92 Å². The lowest BCUT2D eigenvalue weighted by molar-refractivity contribution is 0.497. The summed E-state index contributed by atoms with van der Waals surface area (Å²) in [5.41, 5.74) is 2.56. The second-order valence-electron chi connectivity index (χ2n) is 3.15. The van der Waals surface area contributed by atoms with Crippen LogP contribution < -0.4 is 0 Å². The molecule has 0 fully saturated rings. The first-order chi connectivity index (χ1) is 5.81. The molecule has 0 aliphatic carbocycles. The van der Waals surface area contributed by atoms with Gasteiger partial charge >= 0.3 is 0 Å². The van der Waals surface area contributed by atoms with Crippen LogP contribution in [0, 0.1) is 0 Å². The summed E-state index contributed by atoms with van der Waals surface area (Å²) in [6.45, 7) is 3.18. The van der Waals surface area contributed by atoms with Crippen LogP contribution in [0.1, 0.15) is 24.7 Å². The van der Waals surface area contributed by atoms with E-state index in [4.69, 9.17) is 0 Å². The summed E-state index contributed by atoms with van der Waals surface area (Å²) in [6.07, 6.45) is 3.45. The Bertz CT molecular complexity index is 282. The van der Waals surface area contributed by atoms with Crippen molar-refractivity contribution in [2.24, 2.45) is 0 Å². The van der Waals surface area contributed by atoms with Crippen LogP contribution in [-0.2, 0) is 19.4 Å². The first kappa shape index (κ1) is 8.47. The lowest BCUT2D eigenvalue weighted by Gasteiger charge is -2.17. The van der Waals surface area contributed by atoms with Gasteiger partial charge in [0.15, 0.2) is 0 Å². The fourth-order valence-electron chi connectivity index (χ4n) is 1.64. The van der Waals surface area contributed by atoms with Crippen LogP contribution in [0.5, 0.6) is 0 Å². The number of halogens is 1. The molecule has 0 spiro atoms. The predicted molar refractivity (Wildman–Crippen MR) is 55.5 cm³/mol. The van der Waals surface area contributed by atoms with Crippen LogP contribution in [0.25, 0.3) is 0 Å². The monoisotopic (exact) mass is 277 g/mol. The van der Waals surface area contributed by atoms with Crippen LogP contribution >= 0.6 is 22.6 Å². The first-order valence-corrected chi connectivity index (χ1v) is 5.61. The van der Waals surface area contributed by atoms with Crippen LogP contribution in [0.4, 0.5) is 0 Å². The summed E-state index contributed by atoms with van der Waals surface area (Å²) in [5.74, 6) is 0. The number of hydrogen-bond acceptors (Lipinski definition) is 2. The molecule has 1 aliphatic heterocycles. The molecule has 0 amide bonds. The highest BCUT2D eigenvalue weighted by molar-refractivity contribution is 14.1.